The van der Waals surface area contributed by atoms with Crippen LogP contribution < -0.4 is 0 Å². The first-order valence-electron chi connectivity index (χ1n) is 14.0. The Morgan fingerprint density at radius 1 is 0.839 bits per heavy atom. The maximum absolute atomic E-state index is 2.62. The summed E-state index contributed by atoms with van der Waals surface area (Å²) in [5, 5.41) is 0. The monoisotopic (exact) mass is 422 g/mol. The van der Waals surface area contributed by atoms with Gasteiger partial charge in [-0.15, -0.1) is 0 Å². The second-order valence-corrected chi connectivity index (χ2v) is 12.5. The van der Waals surface area contributed by atoms with Crippen molar-refractivity contribution in [3.05, 3.63) is 34.4 Å². The van der Waals surface area contributed by atoms with Crippen LogP contribution in [-0.4, -0.2) is 0 Å². The fourth-order valence-electron chi connectivity index (χ4n) is 8.04. The zero-order chi connectivity index (χ0) is 22.1. The highest BCUT2D eigenvalue weighted by molar-refractivity contribution is 5.42. The minimum Gasteiger partial charge on any atom is -0.0654 e. The van der Waals surface area contributed by atoms with Gasteiger partial charge in [-0.05, 0) is 128 Å². The van der Waals surface area contributed by atoms with Crippen molar-refractivity contribution < 1.29 is 0 Å². The third-order valence-corrected chi connectivity index (χ3v) is 10.0. The van der Waals surface area contributed by atoms with Crippen molar-refractivity contribution in [1.29, 1.82) is 0 Å². The van der Waals surface area contributed by atoms with Crippen LogP contribution in [0.1, 0.15) is 133 Å². The molecule has 0 N–H and O–H groups in total. The Bertz CT molecular complexity index is 720. The van der Waals surface area contributed by atoms with Crippen molar-refractivity contribution in [3.63, 3.8) is 0 Å². The molecule has 5 atom stereocenters. The Kier molecular flexibility index (Phi) is 7.55. The van der Waals surface area contributed by atoms with Gasteiger partial charge in [0.1, 0.15) is 0 Å². The summed E-state index contributed by atoms with van der Waals surface area (Å²) >= 11 is 0. The number of rotatable bonds is 6. The molecule has 4 unspecified atom stereocenters. The summed E-state index contributed by atoms with van der Waals surface area (Å²) in [6.07, 6.45) is 15.9. The number of benzene rings is 1. The molecule has 3 aliphatic rings. The predicted molar refractivity (Wildman–Crippen MR) is 136 cm³/mol. The molecule has 1 aromatic carbocycles. The van der Waals surface area contributed by atoms with E-state index in [1.54, 1.807) is 22.3 Å². The summed E-state index contributed by atoms with van der Waals surface area (Å²) in [5.74, 6) is 7.31. The Morgan fingerprint density at radius 2 is 1.58 bits per heavy atom. The van der Waals surface area contributed by atoms with E-state index in [4.69, 9.17) is 0 Å². The molecule has 3 saturated carbocycles. The second kappa shape index (κ2) is 10.0. The van der Waals surface area contributed by atoms with Crippen LogP contribution >= 0.6 is 0 Å². The number of hydrogen-bond donors (Lipinski definition) is 0. The maximum Gasteiger partial charge on any atom is -0.0159 e. The van der Waals surface area contributed by atoms with E-state index < -0.39 is 0 Å². The van der Waals surface area contributed by atoms with Crippen molar-refractivity contribution in [2.24, 2.45) is 35.5 Å². The molecule has 0 nitrogen and oxygen atoms in total. The largest absolute Gasteiger partial charge is 0.0654 e. The Balaban J connectivity index is 1.53. The maximum atomic E-state index is 2.62. The molecular weight excluding hydrogens is 372 g/mol. The minimum atomic E-state index is 0.638. The van der Waals surface area contributed by atoms with Crippen LogP contribution in [0, 0.1) is 42.4 Å². The molecule has 0 saturated heterocycles. The second-order valence-electron chi connectivity index (χ2n) is 12.5. The first-order chi connectivity index (χ1) is 14.9. The van der Waals surface area contributed by atoms with E-state index in [9.17, 15) is 0 Å². The molecule has 0 bridgehead atoms. The quantitative estimate of drug-likeness (QED) is 0.428. The Labute approximate surface area is 194 Å². The Morgan fingerprint density at radius 3 is 2.26 bits per heavy atom. The van der Waals surface area contributed by atoms with E-state index in [0.29, 0.717) is 5.92 Å². The molecule has 0 aromatic heterocycles. The first-order valence-corrected chi connectivity index (χ1v) is 14.0. The molecule has 31 heavy (non-hydrogen) atoms. The SMILES string of the molecule is CCCC1CCC(c2cc(C(C)C)cc(CC3CC4C(C)CCC4[C@@H](C)C3)c2C)CC1. The minimum absolute atomic E-state index is 0.638. The van der Waals surface area contributed by atoms with E-state index in [-0.39, 0.29) is 0 Å². The third kappa shape index (κ3) is 5.09. The molecule has 1 aromatic rings. The van der Waals surface area contributed by atoms with Crippen molar-refractivity contribution in [1.82, 2.24) is 0 Å². The average Bonchev–Trinajstić information content (AvgIpc) is 3.11. The normalized spacial score (nSPS) is 36.0. The summed E-state index contributed by atoms with van der Waals surface area (Å²) in [7, 11) is 0. The molecule has 0 spiro atoms. The van der Waals surface area contributed by atoms with Crippen LogP contribution in [0.25, 0.3) is 0 Å². The summed E-state index contributed by atoms with van der Waals surface area (Å²) in [6.45, 7) is 14.7. The van der Waals surface area contributed by atoms with E-state index >= 15 is 0 Å². The predicted octanol–water partition coefficient (Wildman–Crippen LogP) is 9.44. The van der Waals surface area contributed by atoms with Crippen LogP contribution in [0.4, 0.5) is 0 Å². The lowest BCUT2D eigenvalue weighted by atomic mass is 9.66. The lowest BCUT2D eigenvalue weighted by molar-refractivity contribution is 0.120. The highest BCUT2D eigenvalue weighted by Crippen LogP contribution is 2.51. The standard InChI is InChI=1S/C31H50/c1-7-8-24-10-12-26(13-11-24)31-19-27(20(2)3)18-28(23(31)6)16-25-15-22(5)29-14-9-21(4)30(29)17-25/h18-22,24-26,29-30H,7-17H2,1-6H3/t21?,22-,24?,25?,26?,29?,30?/m0/s1. The fourth-order valence-corrected chi connectivity index (χ4v) is 8.04. The van der Waals surface area contributed by atoms with Gasteiger partial charge in [0.2, 0.25) is 0 Å². The molecule has 174 valence electrons. The van der Waals surface area contributed by atoms with Crippen LogP contribution in [0.3, 0.4) is 0 Å². The van der Waals surface area contributed by atoms with Crippen LogP contribution in [-0.2, 0) is 6.42 Å². The van der Waals surface area contributed by atoms with Gasteiger partial charge >= 0.3 is 0 Å². The lowest BCUT2D eigenvalue weighted by Crippen LogP contribution is -2.31. The molecule has 3 fully saturated rings. The van der Waals surface area contributed by atoms with Crippen LogP contribution in [0.2, 0.25) is 0 Å². The molecule has 0 heteroatoms. The summed E-state index contributed by atoms with van der Waals surface area (Å²) in [4.78, 5) is 0. The highest BCUT2D eigenvalue weighted by atomic mass is 14.5. The fraction of sp³-hybridized carbons (Fsp3) is 0.806. The van der Waals surface area contributed by atoms with Gasteiger partial charge in [-0.3, -0.25) is 0 Å². The zero-order valence-corrected chi connectivity index (χ0v) is 21.6. The first kappa shape index (κ1) is 23.4. The Hall–Kier alpha value is -0.780. The van der Waals surface area contributed by atoms with Gasteiger partial charge in [0.15, 0.2) is 0 Å². The van der Waals surface area contributed by atoms with Gasteiger partial charge in [-0.25, -0.2) is 0 Å². The van der Waals surface area contributed by atoms with E-state index in [2.05, 4.69) is 53.7 Å². The van der Waals surface area contributed by atoms with Crippen LogP contribution in [0.15, 0.2) is 12.1 Å². The van der Waals surface area contributed by atoms with E-state index in [1.165, 1.54) is 70.6 Å². The molecule has 0 heterocycles. The molecule has 0 radical (unpaired) electrons. The summed E-state index contributed by atoms with van der Waals surface area (Å²) in [6, 6.07) is 5.23. The summed E-state index contributed by atoms with van der Waals surface area (Å²) in [5.41, 5.74) is 6.70. The molecular formula is C31H50. The topological polar surface area (TPSA) is 0 Å². The lowest BCUT2D eigenvalue weighted by Gasteiger charge is -2.39. The van der Waals surface area contributed by atoms with Gasteiger partial charge in [0, 0.05) is 0 Å². The van der Waals surface area contributed by atoms with Crippen molar-refractivity contribution in [3.8, 4) is 0 Å². The van der Waals surface area contributed by atoms with E-state index in [1.807, 2.05) is 0 Å². The third-order valence-electron chi connectivity index (χ3n) is 10.0. The van der Waals surface area contributed by atoms with Gasteiger partial charge in [0.05, 0.1) is 0 Å². The van der Waals surface area contributed by atoms with Gasteiger partial charge in [0.25, 0.3) is 0 Å². The molecule has 4 rings (SSSR count). The van der Waals surface area contributed by atoms with Gasteiger partial charge in [-0.2, -0.15) is 0 Å². The average molecular weight is 423 g/mol. The van der Waals surface area contributed by atoms with Crippen molar-refractivity contribution in [2.45, 2.75) is 124 Å². The number of fused-ring (bicyclic) bond motifs is 1. The zero-order valence-electron chi connectivity index (χ0n) is 21.6. The van der Waals surface area contributed by atoms with Gasteiger partial charge in [-0.1, -0.05) is 66.0 Å². The smallest absolute Gasteiger partial charge is 0.0159 e. The molecule has 0 aliphatic heterocycles. The van der Waals surface area contributed by atoms with Crippen molar-refractivity contribution >= 4 is 0 Å². The number of hydrogen-bond acceptors (Lipinski definition) is 0. The van der Waals surface area contributed by atoms with E-state index in [0.717, 1.165) is 41.4 Å². The highest BCUT2D eigenvalue weighted by Gasteiger charge is 2.42. The van der Waals surface area contributed by atoms with Crippen molar-refractivity contribution in [2.75, 3.05) is 0 Å². The molecule has 0 amide bonds. The molecule has 3 aliphatic carbocycles. The van der Waals surface area contributed by atoms with Crippen LogP contribution in [0.5, 0.6) is 0 Å². The summed E-state index contributed by atoms with van der Waals surface area (Å²) < 4.78 is 0. The van der Waals surface area contributed by atoms with Gasteiger partial charge < -0.3 is 0 Å².